The van der Waals surface area contributed by atoms with Crippen LogP contribution in [-0.4, -0.2) is 27.4 Å². The van der Waals surface area contributed by atoms with E-state index in [0.29, 0.717) is 0 Å². The topological polar surface area (TPSA) is 18.5 Å². The molecule has 0 aromatic carbocycles. The fourth-order valence-electron chi connectivity index (χ4n) is 1.41. The summed E-state index contributed by atoms with van der Waals surface area (Å²) in [6, 6.07) is 1.23. The van der Waals surface area contributed by atoms with E-state index >= 15 is 0 Å². The molecular weight excluding hydrogens is 192 g/mol. The SMILES string of the molecule is C[Si](C)(C)CCO[CH]C1CCCCO1. The fourth-order valence-corrected chi connectivity index (χ4v) is 2.14. The summed E-state index contributed by atoms with van der Waals surface area (Å²) in [6.45, 7) is 10.8. The van der Waals surface area contributed by atoms with Crippen molar-refractivity contribution in [3.63, 3.8) is 0 Å². The Labute approximate surface area is 89.0 Å². The average Bonchev–Trinajstić information content (AvgIpc) is 2.13. The van der Waals surface area contributed by atoms with Crippen molar-refractivity contribution < 1.29 is 9.47 Å². The van der Waals surface area contributed by atoms with Gasteiger partial charge in [-0.25, -0.2) is 0 Å². The Hall–Kier alpha value is 0.137. The lowest BCUT2D eigenvalue weighted by Crippen LogP contribution is -2.24. The van der Waals surface area contributed by atoms with E-state index in [1.165, 1.54) is 18.9 Å². The molecule has 0 amide bonds. The molecule has 2 nitrogen and oxygen atoms in total. The highest BCUT2D eigenvalue weighted by Gasteiger charge is 2.16. The molecule has 1 unspecified atom stereocenters. The molecular formula is C11H23O2Si. The molecule has 1 aliphatic heterocycles. The second-order valence-electron chi connectivity index (χ2n) is 5.22. The van der Waals surface area contributed by atoms with Crippen LogP contribution in [0.15, 0.2) is 0 Å². The van der Waals surface area contributed by atoms with Crippen LogP contribution in [-0.2, 0) is 9.47 Å². The molecule has 0 aromatic heterocycles. The molecule has 1 atom stereocenters. The summed E-state index contributed by atoms with van der Waals surface area (Å²) in [5.74, 6) is 0. The van der Waals surface area contributed by atoms with Crippen LogP contribution in [0, 0.1) is 6.61 Å². The van der Waals surface area contributed by atoms with Crippen molar-refractivity contribution in [2.75, 3.05) is 13.2 Å². The van der Waals surface area contributed by atoms with Crippen molar-refractivity contribution in [1.29, 1.82) is 0 Å². The summed E-state index contributed by atoms with van der Waals surface area (Å²) in [5.41, 5.74) is 0. The van der Waals surface area contributed by atoms with E-state index < -0.39 is 8.07 Å². The van der Waals surface area contributed by atoms with Gasteiger partial charge in [-0.15, -0.1) is 0 Å². The zero-order valence-electron chi connectivity index (χ0n) is 9.71. The number of rotatable bonds is 5. The van der Waals surface area contributed by atoms with Crippen LogP contribution in [0.1, 0.15) is 19.3 Å². The lowest BCUT2D eigenvalue weighted by Gasteiger charge is -2.22. The first-order valence-electron chi connectivity index (χ1n) is 5.64. The van der Waals surface area contributed by atoms with Crippen molar-refractivity contribution in [3.05, 3.63) is 6.61 Å². The summed E-state index contributed by atoms with van der Waals surface area (Å²) in [7, 11) is -0.930. The lowest BCUT2D eigenvalue weighted by molar-refractivity contribution is -0.00461. The van der Waals surface area contributed by atoms with Gasteiger partial charge in [-0.05, 0) is 25.3 Å². The van der Waals surface area contributed by atoms with E-state index in [0.717, 1.165) is 19.6 Å². The van der Waals surface area contributed by atoms with Gasteiger partial charge in [0, 0.05) is 21.3 Å². The molecule has 1 rings (SSSR count). The third kappa shape index (κ3) is 5.78. The highest BCUT2D eigenvalue weighted by Crippen LogP contribution is 2.16. The summed E-state index contributed by atoms with van der Waals surface area (Å²) in [4.78, 5) is 0. The van der Waals surface area contributed by atoms with Crippen LogP contribution < -0.4 is 0 Å². The maximum atomic E-state index is 5.54. The summed E-state index contributed by atoms with van der Waals surface area (Å²) in [6.07, 6.45) is 3.87. The Morgan fingerprint density at radius 2 is 2.14 bits per heavy atom. The summed E-state index contributed by atoms with van der Waals surface area (Å²) in [5, 5.41) is 0. The molecule has 1 heterocycles. The van der Waals surface area contributed by atoms with Crippen LogP contribution in [0.3, 0.4) is 0 Å². The van der Waals surface area contributed by atoms with Gasteiger partial charge >= 0.3 is 0 Å². The van der Waals surface area contributed by atoms with Gasteiger partial charge < -0.3 is 9.47 Å². The van der Waals surface area contributed by atoms with Crippen LogP contribution in [0.2, 0.25) is 25.7 Å². The summed E-state index contributed by atoms with van der Waals surface area (Å²) < 4.78 is 11.1. The van der Waals surface area contributed by atoms with Crippen molar-refractivity contribution in [3.8, 4) is 0 Å². The standard InChI is InChI=1S/C11H23O2Si/c1-14(2,3)9-8-12-10-11-6-4-5-7-13-11/h10-11H,4-9H2,1-3H3. The van der Waals surface area contributed by atoms with Crippen LogP contribution in [0.5, 0.6) is 0 Å². The zero-order valence-corrected chi connectivity index (χ0v) is 10.7. The van der Waals surface area contributed by atoms with Gasteiger partial charge in [0.15, 0.2) is 0 Å². The largest absolute Gasteiger partial charge is 0.375 e. The number of hydrogen-bond acceptors (Lipinski definition) is 2. The first-order valence-corrected chi connectivity index (χ1v) is 9.35. The van der Waals surface area contributed by atoms with E-state index in [2.05, 4.69) is 19.6 Å². The Bertz CT molecular complexity index is 148. The molecule has 0 saturated carbocycles. The maximum Gasteiger partial charge on any atom is 0.112 e. The van der Waals surface area contributed by atoms with E-state index in [9.17, 15) is 0 Å². The van der Waals surface area contributed by atoms with Gasteiger partial charge in [-0.1, -0.05) is 19.6 Å². The van der Waals surface area contributed by atoms with Gasteiger partial charge in [0.1, 0.15) is 6.61 Å². The Balaban J connectivity index is 1.97. The minimum absolute atomic E-state index is 0.255. The lowest BCUT2D eigenvalue weighted by atomic mass is 10.1. The molecule has 0 aromatic rings. The minimum Gasteiger partial charge on any atom is -0.375 e. The van der Waals surface area contributed by atoms with Crippen LogP contribution in [0.4, 0.5) is 0 Å². The van der Waals surface area contributed by atoms with Crippen molar-refractivity contribution in [2.24, 2.45) is 0 Å². The molecule has 83 valence electrons. The summed E-state index contributed by atoms with van der Waals surface area (Å²) >= 11 is 0. The van der Waals surface area contributed by atoms with E-state index in [4.69, 9.17) is 9.47 Å². The quantitative estimate of drug-likeness (QED) is 0.518. The monoisotopic (exact) mass is 215 g/mol. The zero-order chi connectivity index (χ0) is 10.4. The molecule has 14 heavy (non-hydrogen) atoms. The Morgan fingerprint density at radius 3 is 2.71 bits per heavy atom. The Kier molecular flexibility index (Phi) is 5.13. The molecule has 1 fully saturated rings. The predicted molar refractivity (Wildman–Crippen MR) is 62.0 cm³/mol. The molecule has 1 radical (unpaired) electrons. The van der Waals surface area contributed by atoms with E-state index in [1.807, 2.05) is 6.61 Å². The fraction of sp³-hybridized carbons (Fsp3) is 0.909. The second kappa shape index (κ2) is 5.88. The first-order chi connectivity index (χ1) is 6.58. The Morgan fingerprint density at radius 1 is 1.36 bits per heavy atom. The third-order valence-corrected chi connectivity index (χ3v) is 4.14. The molecule has 0 N–H and O–H groups in total. The normalized spacial score (nSPS) is 23.8. The van der Waals surface area contributed by atoms with Gasteiger partial charge in [0.25, 0.3) is 0 Å². The molecule has 3 heteroatoms. The highest BCUT2D eigenvalue weighted by atomic mass is 28.3. The van der Waals surface area contributed by atoms with Crippen LogP contribution in [0.25, 0.3) is 0 Å². The van der Waals surface area contributed by atoms with Gasteiger partial charge in [-0.2, -0.15) is 0 Å². The highest BCUT2D eigenvalue weighted by molar-refractivity contribution is 6.76. The second-order valence-corrected chi connectivity index (χ2v) is 10.8. The van der Waals surface area contributed by atoms with Crippen molar-refractivity contribution >= 4 is 8.07 Å². The molecule has 1 aliphatic rings. The number of ether oxygens (including phenoxy) is 2. The van der Waals surface area contributed by atoms with E-state index in [1.54, 1.807) is 0 Å². The predicted octanol–water partition coefficient (Wildman–Crippen LogP) is 3.07. The molecule has 0 bridgehead atoms. The van der Waals surface area contributed by atoms with Crippen molar-refractivity contribution in [1.82, 2.24) is 0 Å². The van der Waals surface area contributed by atoms with Crippen LogP contribution >= 0.6 is 0 Å². The molecule has 1 saturated heterocycles. The molecule has 0 aliphatic carbocycles. The minimum atomic E-state index is -0.930. The van der Waals surface area contributed by atoms with Gasteiger partial charge in [-0.3, -0.25) is 0 Å². The van der Waals surface area contributed by atoms with Gasteiger partial charge in [0.2, 0.25) is 0 Å². The van der Waals surface area contributed by atoms with Gasteiger partial charge in [0.05, 0.1) is 6.10 Å². The smallest absolute Gasteiger partial charge is 0.112 e. The van der Waals surface area contributed by atoms with Crippen molar-refractivity contribution in [2.45, 2.75) is 51.1 Å². The average molecular weight is 215 g/mol. The van der Waals surface area contributed by atoms with E-state index in [-0.39, 0.29) is 6.10 Å². The first kappa shape index (κ1) is 12.2. The number of hydrogen-bond donors (Lipinski definition) is 0. The molecule has 0 spiro atoms. The third-order valence-electron chi connectivity index (χ3n) is 2.43. The maximum absolute atomic E-state index is 5.54.